The molecule has 0 aliphatic heterocycles. The first-order valence-electron chi connectivity index (χ1n) is 9.02. The van der Waals surface area contributed by atoms with Gasteiger partial charge in [-0.1, -0.05) is 0 Å². The molecule has 2 aromatic carbocycles. The molecule has 0 saturated heterocycles. The maximum Gasteiger partial charge on any atom is 0.269 e. The summed E-state index contributed by atoms with van der Waals surface area (Å²) in [5, 5.41) is 2.94. The van der Waals surface area contributed by atoms with E-state index >= 15 is 0 Å². The second-order valence-electron chi connectivity index (χ2n) is 6.04. The smallest absolute Gasteiger partial charge is 0.269 e. The Hall–Kier alpha value is -3.39. The zero-order chi connectivity index (χ0) is 20.6. The van der Waals surface area contributed by atoms with Crippen LogP contribution in [0.25, 0.3) is 0 Å². The maximum absolute atomic E-state index is 12.2. The summed E-state index contributed by atoms with van der Waals surface area (Å²) < 4.78 is 11.0. The molecule has 3 aromatic rings. The van der Waals surface area contributed by atoms with Crippen molar-refractivity contribution in [1.29, 1.82) is 0 Å². The molecule has 3 rings (SSSR count). The lowest BCUT2D eigenvalue weighted by atomic mass is 10.2. The molecule has 2 amide bonds. The van der Waals surface area contributed by atoms with Crippen molar-refractivity contribution in [2.75, 3.05) is 6.61 Å². The monoisotopic (exact) mass is 411 g/mol. The van der Waals surface area contributed by atoms with Gasteiger partial charge in [0, 0.05) is 16.5 Å². The highest BCUT2D eigenvalue weighted by Gasteiger charge is 2.10. The van der Waals surface area contributed by atoms with Gasteiger partial charge in [0.05, 0.1) is 17.3 Å². The Bertz CT molecular complexity index is 968. The first-order valence-corrected chi connectivity index (χ1v) is 9.90. The summed E-state index contributed by atoms with van der Waals surface area (Å²) in [5.74, 6) is 0.469. The Balaban J connectivity index is 1.49. The number of hydrazine groups is 1. The van der Waals surface area contributed by atoms with Crippen LogP contribution in [0, 0.1) is 6.92 Å². The standard InChI is InChI=1S/C21H21N3O4S/c1-3-27-18-8-4-15(5-9-18)20(25)23-24-21(26)16-6-10-19(11-7-16)28-12-17-13-29-14(2)22-17/h4-11,13H,3,12H2,1-2H3,(H,23,25)(H,24,26). The van der Waals surface area contributed by atoms with E-state index in [1.807, 2.05) is 19.2 Å². The minimum atomic E-state index is -0.425. The van der Waals surface area contributed by atoms with Crippen molar-refractivity contribution in [3.8, 4) is 11.5 Å². The lowest BCUT2D eigenvalue weighted by Crippen LogP contribution is -2.41. The quantitative estimate of drug-likeness (QED) is 0.581. The van der Waals surface area contributed by atoms with Gasteiger partial charge in [0.2, 0.25) is 0 Å². The molecule has 0 unspecified atom stereocenters. The number of carbonyl (C=O) groups excluding carboxylic acids is 2. The molecule has 29 heavy (non-hydrogen) atoms. The number of hydrogen-bond donors (Lipinski definition) is 2. The van der Waals surface area contributed by atoms with Crippen molar-refractivity contribution < 1.29 is 19.1 Å². The fourth-order valence-electron chi connectivity index (χ4n) is 2.46. The van der Waals surface area contributed by atoms with Gasteiger partial charge in [-0.3, -0.25) is 20.4 Å². The summed E-state index contributed by atoms with van der Waals surface area (Å²) in [4.78, 5) is 28.7. The number of thiazole rings is 1. The predicted molar refractivity (Wildman–Crippen MR) is 110 cm³/mol. The third kappa shape index (κ3) is 5.79. The lowest BCUT2D eigenvalue weighted by molar-refractivity contribution is 0.0846. The number of rotatable bonds is 7. The van der Waals surface area contributed by atoms with Gasteiger partial charge in [-0.25, -0.2) is 4.98 Å². The molecular weight excluding hydrogens is 390 g/mol. The second kappa shape index (κ2) is 9.70. The van der Waals surface area contributed by atoms with Crippen LogP contribution in [0.1, 0.15) is 38.3 Å². The Morgan fingerprint density at radius 1 is 0.897 bits per heavy atom. The third-order valence-corrected chi connectivity index (χ3v) is 4.71. The minimum Gasteiger partial charge on any atom is -0.494 e. The summed E-state index contributed by atoms with van der Waals surface area (Å²) in [6, 6.07) is 13.3. The van der Waals surface area contributed by atoms with Gasteiger partial charge in [0.1, 0.15) is 18.1 Å². The van der Waals surface area contributed by atoms with E-state index in [9.17, 15) is 9.59 Å². The molecule has 0 bridgehead atoms. The van der Waals surface area contributed by atoms with Gasteiger partial charge in [-0.2, -0.15) is 0 Å². The van der Waals surface area contributed by atoms with E-state index in [-0.39, 0.29) is 0 Å². The number of hydrogen-bond acceptors (Lipinski definition) is 6. The van der Waals surface area contributed by atoms with E-state index in [1.54, 1.807) is 59.9 Å². The average Bonchev–Trinajstić information content (AvgIpc) is 3.16. The molecule has 0 aliphatic rings. The number of ether oxygens (including phenoxy) is 2. The summed E-state index contributed by atoms with van der Waals surface area (Å²) in [6.45, 7) is 4.75. The van der Waals surface area contributed by atoms with Gasteiger partial charge in [0.15, 0.2) is 0 Å². The van der Waals surface area contributed by atoms with E-state index in [0.29, 0.717) is 35.8 Å². The Morgan fingerprint density at radius 3 is 1.86 bits per heavy atom. The van der Waals surface area contributed by atoms with Crippen LogP contribution in [0.2, 0.25) is 0 Å². The van der Waals surface area contributed by atoms with Gasteiger partial charge >= 0.3 is 0 Å². The van der Waals surface area contributed by atoms with Crippen LogP contribution < -0.4 is 20.3 Å². The van der Waals surface area contributed by atoms with Crippen LogP contribution in [-0.4, -0.2) is 23.4 Å². The number of nitrogens with zero attached hydrogens (tertiary/aromatic N) is 1. The van der Waals surface area contributed by atoms with Crippen LogP contribution in [0.4, 0.5) is 0 Å². The lowest BCUT2D eigenvalue weighted by Gasteiger charge is -2.09. The SMILES string of the molecule is CCOc1ccc(C(=O)NNC(=O)c2ccc(OCc3csc(C)n3)cc2)cc1. The number of aromatic nitrogens is 1. The number of carbonyl (C=O) groups is 2. The van der Waals surface area contributed by atoms with Crippen LogP contribution in [0.3, 0.4) is 0 Å². The molecule has 0 atom stereocenters. The molecule has 0 saturated carbocycles. The molecule has 1 heterocycles. The van der Waals surface area contributed by atoms with Crippen LogP contribution in [0.5, 0.6) is 11.5 Å². The highest BCUT2D eigenvalue weighted by atomic mass is 32.1. The predicted octanol–water partition coefficient (Wildman–Crippen LogP) is 3.50. The topological polar surface area (TPSA) is 89.6 Å². The number of amides is 2. The van der Waals surface area contributed by atoms with Gasteiger partial charge in [0.25, 0.3) is 11.8 Å². The second-order valence-corrected chi connectivity index (χ2v) is 7.10. The fraction of sp³-hybridized carbons (Fsp3) is 0.190. The Kier molecular flexibility index (Phi) is 6.80. The Labute approximate surface area is 172 Å². The molecule has 7 nitrogen and oxygen atoms in total. The summed E-state index contributed by atoms with van der Waals surface area (Å²) in [6.07, 6.45) is 0. The maximum atomic E-state index is 12.2. The first-order chi connectivity index (χ1) is 14.0. The molecule has 8 heteroatoms. The molecule has 0 radical (unpaired) electrons. The fourth-order valence-corrected chi connectivity index (χ4v) is 3.06. The number of nitrogens with one attached hydrogen (secondary N) is 2. The van der Waals surface area contributed by atoms with Crippen molar-refractivity contribution in [3.63, 3.8) is 0 Å². The van der Waals surface area contributed by atoms with Crippen LogP contribution in [0.15, 0.2) is 53.9 Å². The molecule has 0 fully saturated rings. The largest absolute Gasteiger partial charge is 0.494 e. The van der Waals surface area contributed by atoms with E-state index in [4.69, 9.17) is 9.47 Å². The molecule has 0 spiro atoms. The number of benzene rings is 2. The highest BCUT2D eigenvalue weighted by Crippen LogP contribution is 2.16. The van der Waals surface area contributed by atoms with E-state index in [0.717, 1.165) is 10.7 Å². The molecular formula is C21H21N3O4S. The normalized spacial score (nSPS) is 10.3. The molecule has 1 aromatic heterocycles. The molecule has 2 N–H and O–H groups in total. The summed E-state index contributed by atoms with van der Waals surface area (Å²) in [7, 11) is 0. The summed E-state index contributed by atoms with van der Waals surface area (Å²) in [5.41, 5.74) is 6.47. The minimum absolute atomic E-state index is 0.369. The molecule has 150 valence electrons. The first kappa shape index (κ1) is 20.3. The van der Waals surface area contributed by atoms with Crippen molar-refractivity contribution >= 4 is 23.2 Å². The van der Waals surface area contributed by atoms with Gasteiger partial charge in [-0.15, -0.1) is 11.3 Å². The van der Waals surface area contributed by atoms with Crippen LogP contribution in [-0.2, 0) is 6.61 Å². The van der Waals surface area contributed by atoms with Crippen LogP contribution >= 0.6 is 11.3 Å². The van der Waals surface area contributed by atoms with E-state index in [2.05, 4.69) is 15.8 Å². The highest BCUT2D eigenvalue weighted by molar-refractivity contribution is 7.09. The van der Waals surface area contributed by atoms with Crippen molar-refractivity contribution in [2.45, 2.75) is 20.5 Å². The van der Waals surface area contributed by atoms with Gasteiger partial charge in [-0.05, 0) is 62.4 Å². The third-order valence-electron chi connectivity index (χ3n) is 3.89. The average molecular weight is 411 g/mol. The van der Waals surface area contributed by atoms with Crippen molar-refractivity contribution in [1.82, 2.24) is 15.8 Å². The van der Waals surface area contributed by atoms with E-state index < -0.39 is 11.8 Å². The van der Waals surface area contributed by atoms with Crippen molar-refractivity contribution in [3.05, 3.63) is 75.7 Å². The zero-order valence-corrected chi connectivity index (χ0v) is 16.9. The number of aryl methyl sites for hydroxylation is 1. The molecule has 0 aliphatic carbocycles. The Morgan fingerprint density at radius 2 is 1.41 bits per heavy atom. The van der Waals surface area contributed by atoms with E-state index in [1.165, 1.54) is 0 Å². The van der Waals surface area contributed by atoms with Crippen molar-refractivity contribution in [2.24, 2.45) is 0 Å². The summed E-state index contributed by atoms with van der Waals surface area (Å²) >= 11 is 1.57. The van der Waals surface area contributed by atoms with Gasteiger partial charge < -0.3 is 9.47 Å². The zero-order valence-electron chi connectivity index (χ0n) is 16.1.